The Labute approximate surface area is 147 Å². The molecular weight excluding hydrogens is 344 g/mol. The second kappa shape index (κ2) is 5.86. The van der Waals surface area contributed by atoms with E-state index in [1.807, 2.05) is 0 Å². The molecule has 6 N–H and O–H groups in total. The van der Waals surface area contributed by atoms with Crippen LogP contribution in [0.5, 0.6) is 0 Å². The largest absolute Gasteiger partial charge is 0.394 e. The summed E-state index contributed by atoms with van der Waals surface area (Å²) in [5.74, 6) is 0.685. The van der Waals surface area contributed by atoms with E-state index >= 15 is 0 Å². The summed E-state index contributed by atoms with van der Waals surface area (Å²) in [6.07, 6.45) is -0.237. The Balaban J connectivity index is 1.89. The number of nitrogens with two attached hydrogens (primary N) is 1. The molecule has 0 aromatic carbocycles. The third-order valence-corrected chi connectivity index (χ3v) is 4.84. The Bertz CT molecular complexity index is 881. The predicted octanol–water partition coefficient (Wildman–Crippen LogP) is -2.13. The van der Waals surface area contributed by atoms with Crippen LogP contribution in [-0.2, 0) is 4.74 Å². The van der Waals surface area contributed by atoms with Gasteiger partial charge in [-0.05, 0) is 6.92 Å². The number of nitrogens with zero attached hydrogens (tertiary/aromatic N) is 5. The van der Waals surface area contributed by atoms with Gasteiger partial charge in [0.15, 0.2) is 17.9 Å². The molecule has 0 saturated carbocycles. The molecule has 11 nitrogen and oxygen atoms in total. The third kappa shape index (κ3) is 2.22. The number of hydrazone groups is 1. The molecule has 0 unspecified atom stereocenters. The summed E-state index contributed by atoms with van der Waals surface area (Å²) in [6.45, 7) is 1.07. The number of ether oxygens (including phenoxy) is 1. The van der Waals surface area contributed by atoms with Gasteiger partial charge in [0.25, 0.3) is 0 Å². The van der Waals surface area contributed by atoms with Gasteiger partial charge in [0.2, 0.25) is 0 Å². The molecule has 1 saturated heterocycles. The lowest BCUT2D eigenvalue weighted by Gasteiger charge is -2.27. The fraction of sp³-hybridized carbons (Fsp3) is 0.533. The Morgan fingerprint density at radius 3 is 2.77 bits per heavy atom. The second-order valence-electron chi connectivity index (χ2n) is 6.56. The van der Waals surface area contributed by atoms with Crippen molar-refractivity contribution < 1.29 is 25.2 Å². The van der Waals surface area contributed by atoms with Crippen LogP contribution in [0.25, 0.3) is 11.0 Å². The Hall–Kier alpha value is -2.31. The van der Waals surface area contributed by atoms with Gasteiger partial charge in [0.05, 0.1) is 25.1 Å². The zero-order chi connectivity index (χ0) is 18.6. The van der Waals surface area contributed by atoms with Crippen LogP contribution in [-0.4, -0.2) is 78.4 Å². The van der Waals surface area contributed by atoms with Crippen molar-refractivity contribution in [3.05, 3.63) is 18.1 Å². The van der Waals surface area contributed by atoms with E-state index in [1.165, 1.54) is 18.3 Å². The van der Waals surface area contributed by atoms with E-state index in [4.69, 9.17) is 10.5 Å². The molecule has 0 spiro atoms. The topological polar surface area (TPSA) is 162 Å². The number of β-amino-alcohol motifs (C(OH)–C–C–N with tert-alkyl or cyclic N) is 1. The molecule has 0 amide bonds. The van der Waals surface area contributed by atoms with Gasteiger partial charge in [0.1, 0.15) is 29.8 Å². The van der Waals surface area contributed by atoms with Gasteiger partial charge in [0, 0.05) is 11.8 Å². The number of aromatic nitrogens is 3. The molecule has 26 heavy (non-hydrogen) atoms. The lowest BCUT2D eigenvalue weighted by molar-refractivity contribution is -0.0948. The maximum Gasteiger partial charge on any atom is 0.167 e. The van der Waals surface area contributed by atoms with Gasteiger partial charge < -0.3 is 35.5 Å². The number of aliphatic hydroxyl groups excluding tert-OH is 3. The first-order valence-corrected chi connectivity index (χ1v) is 8.15. The summed E-state index contributed by atoms with van der Waals surface area (Å²) in [7, 11) is 0. The molecule has 0 bridgehead atoms. The van der Waals surface area contributed by atoms with Gasteiger partial charge in [-0.15, -0.1) is 0 Å². The summed E-state index contributed by atoms with van der Waals surface area (Å²) >= 11 is 0. The number of aliphatic hydroxyl groups is 4. The SMILES string of the molecule is C[C@@]1(O)[C@H](O)[C@@H](CO)O[C@H]1n1cc2c3c(ncnc31)N(CCO)N=C2N. The molecule has 11 heteroatoms. The van der Waals surface area contributed by atoms with Crippen LogP contribution in [0.15, 0.2) is 17.6 Å². The van der Waals surface area contributed by atoms with Crippen LogP contribution in [0.1, 0.15) is 18.7 Å². The van der Waals surface area contributed by atoms with Gasteiger partial charge in [-0.2, -0.15) is 5.10 Å². The third-order valence-electron chi connectivity index (χ3n) is 4.84. The summed E-state index contributed by atoms with van der Waals surface area (Å²) in [4.78, 5) is 8.51. The van der Waals surface area contributed by atoms with Gasteiger partial charge >= 0.3 is 0 Å². The highest BCUT2D eigenvalue weighted by atomic mass is 16.6. The van der Waals surface area contributed by atoms with Crippen molar-refractivity contribution in [1.82, 2.24) is 14.5 Å². The zero-order valence-corrected chi connectivity index (χ0v) is 14.0. The molecule has 2 aliphatic rings. The maximum atomic E-state index is 10.8. The lowest BCUT2D eigenvalue weighted by atomic mass is 9.96. The summed E-state index contributed by atoms with van der Waals surface area (Å²) in [6, 6.07) is 0. The van der Waals surface area contributed by atoms with E-state index in [0.717, 1.165) is 0 Å². The molecule has 4 heterocycles. The van der Waals surface area contributed by atoms with Crippen molar-refractivity contribution in [3.63, 3.8) is 0 Å². The van der Waals surface area contributed by atoms with E-state index in [1.54, 1.807) is 10.8 Å². The normalized spacial score (nSPS) is 30.9. The minimum absolute atomic E-state index is 0.136. The van der Waals surface area contributed by atoms with Crippen molar-refractivity contribution in [2.75, 3.05) is 24.8 Å². The van der Waals surface area contributed by atoms with E-state index < -0.39 is 30.6 Å². The molecule has 0 aliphatic carbocycles. The van der Waals surface area contributed by atoms with Crippen molar-refractivity contribution in [1.29, 1.82) is 0 Å². The Kier molecular flexibility index (Phi) is 3.86. The van der Waals surface area contributed by atoms with Crippen LogP contribution >= 0.6 is 0 Å². The highest BCUT2D eigenvalue weighted by Gasteiger charge is 2.53. The molecule has 4 rings (SSSR count). The predicted molar refractivity (Wildman–Crippen MR) is 90.3 cm³/mol. The minimum atomic E-state index is -1.66. The zero-order valence-electron chi connectivity index (χ0n) is 14.0. The monoisotopic (exact) mass is 364 g/mol. The van der Waals surface area contributed by atoms with Crippen LogP contribution in [0.4, 0.5) is 5.82 Å². The van der Waals surface area contributed by atoms with Crippen molar-refractivity contribution >= 4 is 22.7 Å². The van der Waals surface area contributed by atoms with Gasteiger partial charge in [-0.3, -0.25) is 0 Å². The van der Waals surface area contributed by atoms with Gasteiger partial charge in [-0.25, -0.2) is 15.0 Å². The lowest BCUT2D eigenvalue weighted by Crippen LogP contribution is -2.44. The van der Waals surface area contributed by atoms with Crippen molar-refractivity contribution in [2.24, 2.45) is 10.8 Å². The number of amidine groups is 1. The first-order valence-electron chi connectivity index (χ1n) is 8.15. The number of hydrogen-bond donors (Lipinski definition) is 5. The fourth-order valence-corrected chi connectivity index (χ4v) is 3.51. The molecule has 2 aromatic heterocycles. The Morgan fingerprint density at radius 1 is 1.35 bits per heavy atom. The Morgan fingerprint density at radius 2 is 2.12 bits per heavy atom. The van der Waals surface area contributed by atoms with Crippen LogP contribution in [0.2, 0.25) is 0 Å². The fourth-order valence-electron chi connectivity index (χ4n) is 3.51. The minimum Gasteiger partial charge on any atom is -0.394 e. The number of anilines is 1. The highest BCUT2D eigenvalue weighted by Crippen LogP contribution is 2.42. The molecular formula is C15H20N6O5. The van der Waals surface area contributed by atoms with E-state index in [0.29, 0.717) is 22.4 Å². The molecule has 1 fully saturated rings. The second-order valence-corrected chi connectivity index (χ2v) is 6.56. The average molecular weight is 364 g/mol. The van der Waals surface area contributed by atoms with E-state index in [9.17, 15) is 20.4 Å². The summed E-state index contributed by atoms with van der Waals surface area (Å²) in [5.41, 5.74) is 5.38. The standard InChI is InChI=1S/C15H20N6O5/c1-15(25)10(24)8(5-23)26-14(15)20-4-7-9-12(20)17-6-18-13(9)21(2-3-22)19-11(7)16/h4,6,8,10,14,22-25H,2-3,5H2,1H3,(H2,16,19)/t8-,10-,14-,15-/m1/s1. The quantitative estimate of drug-likeness (QED) is 0.407. The number of hydrogen-bond acceptors (Lipinski definition) is 10. The van der Waals surface area contributed by atoms with Crippen LogP contribution in [0, 0.1) is 0 Å². The van der Waals surface area contributed by atoms with Crippen LogP contribution in [0.3, 0.4) is 0 Å². The smallest absolute Gasteiger partial charge is 0.167 e. The van der Waals surface area contributed by atoms with E-state index in [-0.39, 0.29) is 19.0 Å². The molecule has 4 atom stereocenters. The van der Waals surface area contributed by atoms with Crippen LogP contribution < -0.4 is 10.7 Å². The maximum absolute atomic E-state index is 10.8. The number of rotatable bonds is 4. The highest BCUT2D eigenvalue weighted by molar-refractivity contribution is 6.14. The van der Waals surface area contributed by atoms with Crippen molar-refractivity contribution in [2.45, 2.75) is 31.0 Å². The summed E-state index contributed by atoms with van der Waals surface area (Å²) in [5, 5.41) is 45.9. The molecule has 2 aromatic rings. The average Bonchev–Trinajstić information content (AvgIpc) is 3.10. The summed E-state index contributed by atoms with van der Waals surface area (Å²) < 4.78 is 7.23. The molecule has 140 valence electrons. The van der Waals surface area contributed by atoms with E-state index in [2.05, 4.69) is 15.1 Å². The van der Waals surface area contributed by atoms with Crippen molar-refractivity contribution in [3.8, 4) is 0 Å². The first-order chi connectivity index (χ1) is 12.4. The first kappa shape index (κ1) is 17.1. The van der Waals surface area contributed by atoms with Gasteiger partial charge in [-0.1, -0.05) is 0 Å². The molecule has 0 radical (unpaired) electrons. The molecule has 2 aliphatic heterocycles.